The molecule has 0 spiro atoms. The van der Waals surface area contributed by atoms with Gasteiger partial charge in [0.2, 0.25) is 0 Å². The highest BCUT2D eigenvalue weighted by Gasteiger charge is 2.30. The molecule has 140 valence electrons. The van der Waals surface area contributed by atoms with E-state index in [1.165, 1.54) is 6.20 Å². The van der Waals surface area contributed by atoms with Crippen molar-refractivity contribution in [1.82, 2.24) is 9.97 Å². The topological polar surface area (TPSA) is 81.9 Å². The lowest BCUT2D eigenvalue weighted by Crippen LogP contribution is -2.14. The molecule has 0 bridgehead atoms. The van der Waals surface area contributed by atoms with Gasteiger partial charge in [0.1, 0.15) is 5.82 Å². The number of hydrogen-bond acceptors (Lipinski definition) is 5. The second-order valence-corrected chi connectivity index (χ2v) is 6.17. The van der Waals surface area contributed by atoms with Gasteiger partial charge in [0.15, 0.2) is 17.4 Å². The van der Waals surface area contributed by atoms with E-state index in [0.29, 0.717) is 12.1 Å². The zero-order chi connectivity index (χ0) is 19.5. The van der Waals surface area contributed by atoms with Crippen molar-refractivity contribution in [3.05, 3.63) is 35.3 Å². The Balaban J connectivity index is 2.54. The summed E-state index contributed by atoms with van der Waals surface area (Å²) in [5.41, 5.74) is -0.151. The molecule has 0 saturated heterocycles. The number of phenols is 1. The van der Waals surface area contributed by atoms with Crippen molar-refractivity contribution in [2.75, 3.05) is 11.9 Å². The summed E-state index contributed by atoms with van der Waals surface area (Å²) in [5, 5.41) is 19.8. The van der Waals surface area contributed by atoms with Gasteiger partial charge in [0.05, 0.1) is 12.0 Å². The maximum atomic E-state index is 13.7. The molecule has 1 aromatic heterocycles. The summed E-state index contributed by atoms with van der Waals surface area (Å²) >= 11 is 0. The van der Waals surface area contributed by atoms with E-state index in [4.69, 9.17) is 5.41 Å². The van der Waals surface area contributed by atoms with E-state index < -0.39 is 24.2 Å². The standard InChI is InChI=1S/C17H18F4N4O/c1-9(2)7-23-15-11(6-22)8-24-16(25-15)12-4-13(18)14(26)3-10(12)5-17(19,20)21/h3-4,6,8-9,22,26H,5,7H2,1-2H3,(H,23,24,25). The van der Waals surface area contributed by atoms with Crippen LogP contribution in [0.15, 0.2) is 18.3 Å². The molecule has 1 aromatic carbocycles. The molecular formula is C17H18F4N4O. The highest BCUT2D eigenvalue weighted by atomic mass is 19.4. The fourth-order valence-corrected chi connectivity index (χ4v) is 2.24. The number of nitrogens with zero attached hydrogens (tertiary/aromatic N) is 2. The third-order valence-electron chi connectivity index (χ3n) is 3.45. The molecule has 1 heterocycles. The molecule has 26 heavy (non-hydrogen) atoms. The number of aromatic hydroxyl groups is 1. The van der Waals surface area contributed by atoms with E-state index in [0.717, 1.165) is 18.3 Å². The molecule has 0 atom stereocenters. The summed E-state index contributed by atoms with van der Waals surface area (Å²) in [5.74, 6) is -1.53. The molecular weight excluding hydrogens is 352 g/mol. The lowest BCUT2D eigenvalue weighted by atomic mass is 10.0. The van der Waals surface area contributed by atoms with E-state index in [1.807, 2.05) is 13.8 Å². The van der Waals surface area contributed by atoms with E-state index in [2.05, 4.69) is 15.3 Å². The highest BCUT2D eigenvalue weighted by molar-refractivity contribution is 5.84. The van der Waals surface area contributed by atoms with Crippen molar-refractivity contribution in [1.29, 1.82) is 5.41 Å². The van der Waals surface area contributed by atoms with Crippen LogP contribution >= 0.6 is 0 Å². The van der Waals surface area contributed by atoms with Crippen LogP contribution in [0.5, 0.6) is 5.75 Å². The molecule has 3 N–H and O–H groups in total. The second kappa shape index (κ2) is 7.67. The normalized spacial score (nSPS) is 11.7. The third kappa shape index (κ3) is 4.90. The molecule has 0 aliphatic rings. The first-order valence-electron chi connectivity index (χ1n) is 7.80. The number of rotatable bonds is 6. The van der Waals surface area contributed by atoms with Gasteiger partial charge in [0, 0.05) is 24.5 Å². The number of halogens is 4. The Kier molecular flexibility index (Phi) is 5.79. The lowest BCUT2D eigenvalue weighted by molar-refractivity contribution is -0.127. The minimum absolute atomic E-state index is 0.125. The predicted octanol–water partition coefficient (Wildman–Crippen LogP) is 4.16. The first-order valence-corrected chi connectivity index (χ1v) is 7.80. The number of phenolic OH excluding ortho intramolecular Hbond substituents is 1. The van der Waals surface area contributed by atoms with E-state index in [1.54, 1.807) is 0 Å². The largest absolute Gasteiger partial charge is 0.505 e. The summed E-state index contributed by atoms with van der Waals surface area (Å²) < 4.78 is 52.2. The molecule has 0 amide bonds. The van der Waals surface area contributed by atoms with Gasteiger partial charge in [0.25, 0.3) is 0 Å². The zero-order valence-electron chi connectivity index (χ0n) is 14.2. The quantitative estimate of drug-likeness (QED) is 0.527. The summed E-state index contributed by atoms with van der Waals surface area (Å²) in [4.78, 5) is 8.11. The van der Waals surface area contributed by atoms with Crippen molar-refractivity contribution >= 4 is 12.0 Å². The number of aromatic nitrogens is 2. The number of alkyl halides is 3. The Morgan fingerprint density at radius 2 is 2.00 bits per heavy atom. The maximum Gasteiger partial charge on any atom is 0.393 e. The molecule has 2 rings (SSSR count). The minimum atomic E-state index is -4.55. The summed E-state index contributed by atoms with van der Waals surface area (Å²) in [6, 6.07) is 1.51. The van der Waals surface area contributed by atoms with Crippen LogP contribution in [0.4, 0.5) is 23.4 Å². The number of anilines is 1. The van der Waals surface area contributed by atoms with Gasteiger partial charge in [-0.2, -0.15) is 13.2 Å². The Hall–Kier alpha value is -2.71. The predicted molar refractivity (Wildman–Crippen MR) is 90.1 cm³/mol. The molecule has 5 nitrogen and oxygen atoms in total. The average Bonchev–Trinajstić information content (AvgIpc) is 2.54. The Morgan fingerprint density at radius 1 is 1.31 bits per heavy atom. The minimum Gasteiger partial charge on any atom is -0.505 e. The fourth-order valence-electron chi connectivity index (χ4n) is 2.24. The van der Waals surface area contributed by atoms with Crippen molar-refractivity contribution < 1.29 is 22.7 Å². The highest BCUT2D eigenvalue weighted by Crippen LogP contribution is 2.33. The third-order valence-corrected chi connectivity index (χ3v) is 3.45. The molecule has 0 unspecified atom stereocenters. The van der Waals surface area contributed by atoms with Gasteiger partial charge >= 0.3 is 6.18 Å². The molecule has 0 saturated carbocycles. The molecule has 9 heteroatoms. The van der Waals surface area contributed by atoms with Gasteiger partial charge in [-0.3, -0.25) is 0 Å². The Bertz CT molecular complexity index is 806. The second-order valence-electron chi connectivity index (χ2n) is 6.17. The van der Waals surface area contributed by atoms with Crippen LogP contribution < -0.4 is 5.32 Å². The van der Waals surface area contributed by atoms with Crippen molar-refractivity contribution in [2.45, 2.75) is 26.4 Å². The first kappa shape index (κ1) is 19.6. The molecule has 0 aliphatic heterocycles. The van der Waals surface area contributed by atoms with Crippen molar-refractivity contribution in [3.63, 3.8) is 0 Å². The van der Waals surface area contributed by atoms with Gasteiger partial charge < -0.3 is 15.8 Å². The van der Waals surface area contributed by atoms with Crippen LogP contribution in [-0.4, -0.2) is 34.0 Å². The van der Waals surface area contributed by atoms with Crippen LogP contribution in [0.3, 0.4) is 0 Å². The van der Waals surface area contributed by atoms with E-state index in [9.17, 15) is 22.7 Å². The van der Waals surface area contributed by atoms with E-state index >= 15 is 0 Å². The van der Waals surface area contributed by atoms with Crippen LogP contribution in [-0.2, 0) is 6.42 Å². The van der Waals surface area contributed by atoms with Crippen LogP contribution in [0, 0.1) is 17.1 Å². The lowest BCUT2D eigenvalue weighted by Gasteiger charge is -2.15. The number of benzene rings is 1. The molecule has 0 fully saturated rings. The Labute approximate surface area is 147 Å². The summed E-state index contributed by atoms with van der Waals surface area (Å²) in [6.45, 7) is 4.43. The van der Waals surface area contributed by atoms with Crippen molar-refractivity contribution in [2.24, 2.45) is 5.92 Å². The van der Waals surface area contributed by atoms with Gasteiger partial charge in [-0.15, -0.1) is 0 Å². The fraction of sp³-hybridized carbons (Fsp3) is 0.353. The van der Waals surface area contributed by atoms with Crippen molar-refractivity contribution in [3.8, 4) is 17.1 Å². The monoisotopic (exact) mass is 370 g/mol. The molecule has 2 aromatic rings. The Morgan fingerprint density at radius 3 is 2.58 bits per heavy atom. The maximum absolute atomic E-state index is 13.7. The van der Waals surface area contributed by atoms with Crippen LogP contribution in [0.25, 0.3) is 11.4 Å². The summed E-state index contributed by atoms with van der Waals surface area (Å²) in [6.07, 6.45) is -3.62. The molecule has 0 aliphatic carbocycles. The van der Waals surface area contributed by atoms with Crippen LogP contribution in [0.2, 0.25) is 0 Å². The summed E-state index contributed by atoms with van der Waals surface area (Å²) in [7, 11) is 0. The molecule has 0 radical (unpaired) electrons. The smallest absolute Gasteiger partial charge is 0.393 e. The number of nitrogens with one attached hydrogen (secondary N) is 2. The first-order chi connectivity index (χ1) is 12.1. The van der Waals surface area contributed by atoms with Gasteiger partial charge in [-0.1, -0.05) is 13.8 Å². The van der Waals surface area contributed by atoms with Gasteiger partial charge in [-0.25, -0.2) is 14.4 Å². The zero-order valence-corrected chi connectivity index (χ0v) is 14.2. The SMILES string of the molecule is CC(C)CNc1nc(-c2cc(F)c(O)cc2CC(F)(F)F)ncc1C=N. The average molecular weight is 370 g/mol. The van der Waals surface area contributed by atoms with E-state index in [-0.39, 0.29) is 28.7 Å². The van der Waals surface area contributed by atoms with Crippen LogP contribution in [0.1, 0.15) is 25.0 Å². The van der Waals surface area contributed by atoms with Gasteiger partial charge in [-0.05, 0) is 23.6 Å². The number of hydrogen-bond donors (Lipinski definition) is 3.